The number of carbonyl (C=O) groups excluding carboxylic acids is 1. The van der Waals surface area contributed by atoms with Crippen molar-refractivity contribution in [2.24, 2.45) is 35.5 Å². The van der Waals surface area contributed by atoms with Gasteiger partial charge in [-0.25, -0.2) is 9.97 Å². The second kappa shape index (κ2) is 12.2. The van der Waals surface area contributed by atoms with E-state index < -0.39 is 0 Å². The van der Waals surface area contributed by atoms with Gasteiger partial charge in [0.2, 0.25) is 5.91 Å². The fourth-order valence-electron chi connectivity index (χ4n) is 7.80. The second-order valence-corrected chi connectivity index (χ2v) is 12.6. The van der Waals surface area contributed by atoms with Gasteiger partial charge in [0.05, 0.1) is 12.6 Å². The third kappa shape index (κ3) is 6.08. The summed E-state index contributed by atoms with van der Waals surface area (Å²) in [7, 11) is 0. The number of pyridine rings is 2. The van der Waals surface area contributed by atoms with Crippen LogP contribution in [0.15, 0.2) is 42.7 Å². The molecule has 39 heavy (non-hydrogen) atoms. The predicted octanol–water partition coefficient (Wildman–Crippen LogP) is 4.65. The molecule has 5 rings (SSSR count). The maximum absolute atomic E-state index is 14.0. The van der Waals surface area contributed by atoms with E-state index in [1.807, 2.05) is 29.3 Å². The maximum atomic E-state index is 14.0. The number of piperazine rings is 1. The van der Waals surface area contributed by atoms with Gasteiger partial charge >= 0.3 is 0 Å². The summed E-state index contributed by atoms with van der Waals surface area (Å²) in [6, 6.07) is 10.1. The number of anilines is 2. The van der Waals surface area contributed by atoms with Crippen LogP contribution in [-0.2, 0) is 4.79 Å². The number of nitrogens with zero attached hydrogens (tertiary/aromatic N) is 5. The molecule has 0 aromatic carbocycles. The molecule has 7 heteroatoms. The normalized spacial score (nSPS) is 30.4. The number of aliphatic hydroxyl groups excluding tert-OH is 1. The molecule has 1 aliphatic carbocycles. The highest BCUT2D eigenvalue weighted by atomic mass is 16.3. The molecule has 7 nitrogen and oxygen atoms in total. The molecular weight excluding hydrogens is 486 g/mol. The first-order valence-electron chi connectivity index (χ1n) is 15.1. The Labute approximate surface area is 234 Å². The largest absolute Gasteiger partial charge is 0.394 e. The van der Waals surface area contributed by atoms with E-state index in [2.05, 4.69) is 59.6 Å². The zero-order chi connectivity index (χ0) is 27.5. The van der Waals surface area contributed by atoms with Gasteiger partial charge in [0.15, 0.2) is 0 Å². The van der Waals surface area contributed by atoms with Crippen molar-refractivity contribution in [3.63, 3.8) is 0 Å². The van der Waals surface area contributed by atoms with Gasteiger partial charge in [-0.05, 0) is 86.0 Å². The minimum Gasteiger partial charge on any atom is -0.394 e. The summed E-state index contributed by atoms with van der Waals surface area (Å²) in [5, 5.41) is 10.2. The summed E-state index contributed by atoms with van der Waals surface area (Å²) in [5.74, 6) is 5.02. The first-order valence-corrected chi connectivity index (χ1v) is 15.1. The van der Waals surface area contributed by atoms with Gasteiger partial charge in [-0.1, -0.05) is 32.9 Å². The first kappa shape index (κ1) is 27.9. The van der Waals surface area contributed by atoms with E-state index in [9.17, 15) is 9.90 Å². The molecule has 3 aliphatic rings. The van der Waals surface area contributed by atoms with E-state index in [1.165, 1.54) is 24.8 Å². The minimum atomic E-state index is -0.116. The Hall–Kier alpha value is -2.67. The van der Waals surface area contributed by atoms with Gasteiger partial charge in [-0.15, -0.1) is 0 Å². The van der Waals surface area contributed by atoms with E-state index >= 15 is 0 Å². The highest BCUT2D eigenvalue weighted by Gasteiger charge is 2.45. The molecule has 1 saturated carbocycles. The molecule has 1 N–H and O–H groups in total. The third-order valence-corrected chi connectivity index (χ3v) is 10.0. The number of piperidine rings is 1. The summed E-state index contributed by atoms with van der Waals surface area (Å²) >= 11 is 0. The molecule has 6 atom stereocenters. The Bertz CT molecular complexity index is 1070. The van der Waals surface area contributed by atoms with Crippen molar-refractivity contribution in [2.75, 3.05) is 49.1 Å². The average molecular weight is 534 g/mol. The van der Waals surface area contributed by atoms with Crippen LogP contribution in [0.5, 0.6) is 0 Å². The van der Waals surface area contributed by atoms with Crippen molar-refractivity contribution in [2.45, 2.75) is 59.4 Å². The molecule has 1 amide bonds. The molecule has 4 heterocycles. The van der Waals surface area contributed by atoms with Gasteiger partial charge in [0.1, 0.15) is 11.6 Å². The van der Waals surface area contributed by atoms with Crippen LogP contribution in [-0.4, -0.2) is 71.3 Å². The van der Waals surface area contributed by atoms with Gasteiger partial charge in [0, 0.05) is 51.0 Å². The van der Waals surface area contributed by atoms with Crippen LogP contribution in [0.1, 0.15) is 52.0 Å². The van der Waals surface area contributed by atoms with E-state index in [-0.39, 0.29) is 18.6 Å². The maximum Gasteiger partial charge on any atom is 0.226 e. The van der Waals surface area contributed by atoms with Crippen molar-refractivity contribution >= 4 is 17.5 Å². The molecule has 0 bridgehead atoms. The van der Waals surface area contributed by atoms with Crippen LogP contribution in [0.3, 0.4) is 0 Å². The van der Waals surface area contributed by atoms with E-state index in [4.69, 9.17) is 0 Å². The van der Waals surface area contributed by atoms with Crippen LogP contribution in [0.25, 0.3) is 0 Å². The monoisotopic (exact) mass is 533 g/mol. The lowest BCUT2D eigenvalue weighted by Gasteiger charge is -2.48. The summed E-state index contributed by atoms with van der Waals surface area (Å²) in [6.07, 6.45) is 8.50. The van der Waals surface area contributed by atoms with Crippen LogP contribution >= 0.6 is 0 Å². The van der Waals surface area contributed by atoms with Crippen LogP contribution in [0.4, 0.5) is 11.6 Å². The van der Waals surface area contributed by atoms with Crippen molar-refractivity contribution in [3.8, 4) is 0 Å². The molecule has 212 valence electrons. The summed E-state index contributed by atoms with van der Waals surface area (Å²) < 4.78 is 0. The van der Waals surface area contributed by atoms with Crippen molar-refractivity contribution in [3.05, 3.63) is 48.3 Å². The van der Waals surface area contributed by atoms with Gasteiger partial charge < -0.3 is 19.8 Å². The molecule has 2 aliphatic heterocycles. The molecule has 2 aromatic rings. The zero-order valence-corrected chi connectivity index (χ0v) is 24.2. The Morgan fingerprint density at radius 1 is 0.974 bits per heavy atom. The number of amides is 1. The number of aryl methyl sites for hydroxylation is 1. The van der Waals surface area contributed by atoms with Crippen LogP contribution in [0.2, 0.25) is 0 Å². The Morgan fingerprint density at radius 2 is 1.77 bits per heavy atom. The third-order valence-electron chi connectivity index (χ3n) is 10.0. The standard InChI is InChI=1S/C32H47N5O2/c1-22-8-9-29(34-19-22)35-13-10-26(11-14-35)18-28-23(2)17-24(3)31(25(28)4)32(39)36-15-16-37(27(20-36)21-38)30-7-5-6-12-33-30/h5-9,12,19,23-28,31,38H,10-11,13-18,20-21H2,1-4H3/t23?,24?,25?,27-,28?,31?/m0/s1. The summed E-state index contributed by atoms with van der Waals surface area (Å²) in [4.78, 5) is 29.8. The second-order valence-electron chi connectivity index (χ2n) is 12.6. The lowest BCUT2D eigenvalue weighted by atomic mass is 9.60. The van der Waals surface area contributed by atoms with E-state index in [0.717, 1.165) is 31.1 Å². The van der Waals surface area contributed by atoms with Gasteiger partial charge in [0.25, 0.3) is 0 Å². The molecule has 5 unspecified atom stereocenters. The summed E-state index contributed by atoms with van der Waals surface area (Å²) in [5.41, 5.74) is 1.20. The summed E-state index contributed by atoms with van der Waals surface area (Å²) in [6.45, 7) is 13.2. The van der Waals surface area contributed by atoms with Crippen LogP contribution in [0, 0.1) is 42.4 Å². The van der Waals surface area contributed by atoms with Crippen molar-refractivity contribution < 1.29 is 9.90 Å². The number of rotatable bonds is 6. The lowest BCUT2D eigenvalue weighted by Crippen LogP contribution is -2.59. The SMILES string of the molecule is Cc1ccc(N2CCC(CC3C(C)CC(C)C(C(=O)N4CCN(c5ccccn5)[C@H](CO)C4)C3C)CC2)nc1. The molecule has 3 fully saturated rings. The topological polar surface area (TPSA) is 72.8 Å². The average Bonchev–Trinajstić information content (AvgIpc) is 2.96. The first-order chi connectivity index (χ1) is 18.9. The fraction of sp³-hybridized carbons (Fsp3) is 0.656. The highest BCUT2D eigenvalue weighted by Crippen LogP contribution is 2.46. The molecule has 2 saturated heterocycles. The molecule has 0 radical (unpaired) electrons. The highest BCUT2D eigenvalue weighted by molar-refractivity contribution is 5.80. The number of hydrogen-bond acceptors (Lipinski definition) is 6. The number of aromatic nitrogens is 2. The number of aliphatic hydroxyl groups is 1. The van der Waals surface area contributed by atoms with E-state index in [1.54, 1.807) is 6.20 Å². The zero-order valence-electron chi connectivity index (χ0n) is 24.2. The number of carbonyl (C=O) groups is 1. The molecule has 0 spiro atoms. The van der Waals surface area contributed by atoms with E-state index in [0.29, 0.717) is 55.1 Å². The van der Waals surface area contributed by atoms with Gasteiger partial charge in [-0.2, -0.15) is 0 Å². The van der Waals surface area contributed by atoms with Crippen LogP contribution < -0.4 is 9.80 Å². The van der Waals surface area contributed by atoms with Gasteiger partial charge in [-0.3, -0.25) is 4.79 Å². The number of hydrogen-bond donors (Lipinski definition) is 1. The molecular formula is C32H47N5O2. The Morgan fingerprint density at radius 3 is 2.44 bits per heavy atom. The Kier molecular flexibility index (Phi) is 8.75. The quantitative estimate of drug-likeness (QED) is 0.583. The molecule has 2 aromatic heterocycles. The Balaban J connectivity index is 1.20. The van der Waals surface area contributed by atoms with Crippen molar-refractivity contribution in [1.29, 1.82) is 0 Å². The minimum absolute atomic E-state index is 0.0204. The predicted molar refractivity (Wildman–Crippen MR) is 157 cm³/mol. The lowest BCUT2D eigenvalue weighted by molar-refractivity contribution is -0.144. The smallest absolute Gasteiger partial charge is 0.226 e. The fourth-order valence-corrected chi connectivity index (χ4v) is 7.80. The van der Waals surface area contributed by atoms with Crippen molar-refractivity contribution in [1.82, 2.24) is 14.9 Å².